The van der Waals surface area contributed by atoms with Crippen molar-refractivity contribution in [3.8, 4) is 22.9 Å². The number of phenols is 2. The molecular weight excluding hydrogens is 232 g/mol. The van der Waals surface area contributed by atoms with E-state index in [1.165, 1.54) is 12.1 Å². The third-order valence-corrected chi connectivity index (χ3v) is 2.65. The first-order valence-corrected chi connectivity index (χ1v) is 5.87. The van der Waals surface area contributed by atoms with E-state index in [4.69, 9.17) is 0 Å². The summed E-state index contributed by atoms with van der Waals surface area (Å²) in [7, 11) is 0. The molecule has 0 aliphatic carbocycles. The standard InChI is InChI=1S/C12H16N4O2/c1-3-13-12-15-14-11(16(12)4-2)10-8(17)6-5-7-9(10)18/h5-7,17-18H,3-4H2,1-2H3,(H,13,15). The molecule has 0 unspecified atom stereocenters. The minimum absolute atomic E-state index is 0.0138. The number of rotatable bonds is 4. The van der Waals surface area contributed by atoms with E-state index in [9.17, 15) is 10.2 Å². The third-order valence-electron chi connectivity index (χ3n) is 2.65. The van der Waals surface area contributed by atoms with E-state index in [2.05, 4.69) is 15.5 Å². The monoisotopic (exact) mass is 248 g/mol. The van der Waals surface area contributed by atoms with Crippen molar-refractivity contribution >= 4 is 5.95 Å². The second-order valence-electron chi connectivity index (χ2n) is 3.79. The van der Waals surface area contributed by atoms with Crippen LogP contribution >= 0.6 is 0 Å². The highest BCUT2D eigenvalue weighted by molar-refractivity contribution is 5.72. The summed E-state index contributed by atoms with van der Waals surface area (Å²) in [5.41, 5.74) is 0.302. The van der Waals surface area contributed by atoms with Crippen LogP contribution in [-0.2, 0) is 6.54 Å². The Hall–Kier alpha value is -2.24. The van der Waals surface area contributed by atoms with Crippen LogP contribution < -0.4 is 5.32 Å². The molecule has 96 valence electrons. The number of benzene rings is 1. The maximum atomic E-state index is 9.84. The van der Waals surface area contributed by atoms with Crippen LogP contribution in [0.4, 0.5) is 5.95 Å². The average Bonchev–Trinajstić information content (AvgIpc) is 2.72. The van der Waals surface area contributed by atoms with Gasteiger partial charge in [-0.05, 0) is 26.0 Å². The Labute approximate surface area is 105 Å². The second kappa shape index (κ2) is 4.95. The van der Waals surface area contributed by atoms with E-state index >= 15 is 0 Å². The summed E-state index contributed by atoms with van der Waals surface area (Å²) in [6.07, 6.45) is 0. The van der Waals surface area contributed by atoms with Crippen molar-refractivity contribution in [1.29, 1.82) is 0 Å². The first-order valence-electron chi connectivity index (χ1n) is 5.87. The number of phenolic OH excluding ortho intramolecular Hbond substituents is 2. The second-order valence-corrected chi connectivity index (χ2v) is 3.79. The van der Waals surface area contributed by atoms with E-state index in [-0.39, 0.29) is 11.5 Å². The maximum Gasteiger partial charge on any atom is 0.224 e. The van der Waals surface area contributed by atoms with E-state index in [0.717, 1.165) is 6.54 Å². The van der Waals surface area contributed by atoms with E-state index in [1.807, 2.05) is 13.8 Å². The van der Waals surface area contributed by atoms with Crippen molar-refractivity contribution in [2.45, 2.75) is 20.4 Å². The molecule has 0 saturated carbocycles. The van der Waals surface area contributed by atoms with Crippen LogP contribution in [0.3, 0.4) is 0 Å². The Bertz CT molecular complexity index is 531. The van der Waals surface area contributed by atoms with Crippen LogP contribution in [0.15, 0.2) is 18.2 Å². The molecule has 1 aromatic carbocycles. The van der Waals surface area contributed by atoms with Crippen LogP contribution in [0.2, 0.25) is 0 Å². The molecule has 0 bridgehead atoms. The van der Waals surface area contributed by atoms with Gasteiger partial charge in [0.1, 0.15) is 17.1 Å². The number of nitrogens with one attached hydrogen (secondary N) is 1. The molecule has 1 aromatic heterocycles. The predicted octanol–water partition coefficient (Wildman–Crippen LogP) is 1.81. The van der Waals surface area contributed by atoms with Gasteiger partial charge in [-0.25, -0.2) is 0 Å². The number of anilines is 1. The normalized spacial score (nSPS) is 10.6. The molecule has 0 aliphatic heterocycles. The maximum absolute atomic E-state index is 9.84. The lowest BCUT2D eigenvalue weighted by Gasteiger charge is -2.10. The molecule has 2 rings (SSSR count). The van der Waals surface area contributed by atoms with Crippen LogP contribution in [-0.4, -0.2) is 31.5 Å². The van der Waals surface area contributed by atoms with E-state index in [0.29, 0.717) is 23.9 Å². The lowest BCUT2D eigenvalue weighted by Crippen LogP contribution is -2.07. The van der Waals surface area contributed by atoms with Gasteiger partial charge in [0.05, 0.1) is 0 Å². The first-order chi connectivity index (χ1) is 8.69. The predicted molar refractivity (Wildman–Crippen MR) is 68.6 cm³/mol. The average molecular weight is 248 g/mol. The zero-order chi connectivity index (χ0) is 13.1. The number of hydrogen-bond acceptors (Lipinski definition) is 5. The zero-order valence-electron chi connectivity index (χ0n) is 10.4. The smallest absolute Gasteiger partial charge is 0.224 e. The molecule has 0 aliphatic rings. The van der Waals surface area contributed by atoms with Crippen LogP contribution in [0.5, 0.6) is 11.5 Å². The topological polar surface area (TPSA) is 83.2 Å². The summed E-state index contributed by atoms with van der Waals surface area (Å²) in [5.74, 6) is 1.04. The quantitative estimate of drug-likeness (QED) is 0.768. The molecule has 6 heteroatoms. The Morgan fingerprint density at radius 3 is 2.39 bits per heavy atom. The minimum atomic E-state index is -0.0138. The van der Waals surface area contributed by atoms with Crippen molar-refractivity contribution < 1.29 is 10.2 Å². The highest BCUT2D eigenvalue weighted by atomic mass is 16.3. The van der Waals surface area contributed by atoms with Crippen LogP contribution in [0.25, 0.3) is 11.4 Å². The summed E-state index contributed by atoms with van der Waals surface area (Å²) in [6, 6.07) is 4.60. The molecule has 0 saturated heterocycles. The molecule has 3 N–H and O–H groups in total. The molecule has 2 aromatic rings. The van der Waals surface area contributed by atoms with Gasteiger partial charge in [-0.1, -0.05) is 6.07 Å². The molecule has 1 heterocycles. The van der Waals surface area contributed by atoms with Gasteiger partial charge in [-0.15, -0.1) is 10.2 Å². The van der Waals surface area contributed by atoms with Gasteiger partial charge in [-0.2, -0.15) is 0 Å². The Balaban J connectivity index is 2.57. The Kier molecular flexibility index (Phi) is 3.36. The van der Waals surface area contributed by atoms with Gasteiger partial charge in [-0.3, -0.25) is 4.57 Å². The number of aromatic nitrogens is 3. The van der Waals surface area contributed by atoms with Crippen molar-refractivity contribution in [1.82, 2.24) is 14.8 Å². The fourth-order valence-electron chi connectivity index (χ4n) is 1.83. The molecule has 6 nitrogen and oxygen atoms in total. The molecule has 0 amide bonds. The molecule has 0 atom stereocenters. The van der Waals surface area contributed by atoms with E-state index in [1.54, 1.807) is 10.6 Å². The summed E-state index contributed by atoms with van der Waals surface area (Å²) < 4.78 is 1.80. The van der Waals surface area contributed by atoms with Crippen molar-refractivity contribution in [2.75, 3.05) is 11.9 Å². The summed E-state index contributed by atoms with van der Waals surface area (Å²) in [6.45, 7) is 5.28. The highest BCUT2D eigenvalue weighted by Gasteiger charge is 2.18. The molecule has 0 fully saturated rings. The summed E-state index contributed by atoms with van der Waals surface area (Å²) in [4.78, 5) is 0. The Morgan fingerprint density at radius 2 is 1.83 bits per heavy atom. The van der Waals surface area contributed by atoms with Gasteiger partial charge in [0, 0.05) is 13.1 Å². The van der Waals surface area contributed by atoms with E-state index < -0.39 is 0 Å². The highest BCUT2D eigenvalue weighted by Crippen LogP contribution is 2.36. The summed E-state index contributed by atoms with van der Waals surface area (Å²) >= 11 is 0. The molecule has 18 heavy (non-hydrogen) atoms. The number of nitrogens with zero attached hydrogens (tertiary/aromatic N) is 3. The van der Waals surface area contributed by atoms with Crippen molar-refractivity contribution in [3.05, 3.63) is 18.2 Å². The van der Waals surface area contributed by atoms with Crippen molar-refractivity contribution in [3.63, 3.8) is 0 Å². The molecule has 0 radical (unpaired) electrons. The molecule has 0 spiro atoms. The van der Waals surface area contributed by atoms with Gasteiger partial charge in [0.25, 0.3) is 0 Å². The van der Waals surface area contributed by atoms with Crippen molar-refractivity contribution in [2.24, 2.45) is 0 Å². The lowest BCUT2D eigenvalue weighted by molar-refractivity contribution is 0.452. The minimum Gasteiger partial charge on any atom is -0.507 e. The zero-order valence-corrected chi connectivity index (χ0v) is 10.4. The van der Waals surface area contributed by atoms with Crippen LogP contribution in [0.1, 0.15) is 13.8 Å². The number of aromatic hydroxyl groups is 2. The SMILES string of the molecule is CCNc1nnc(-c2c(O)cccc2O)n1CC. The fourth-order valence-corrected chi connectivity index (χ4v) is 1.83. The third kappa shape index (κ3) is 1.97. The van der Waals surface area contributed by atoms with Gasteiger partial charge >= 0.3 is 0 Å². The fraction of sp³-hybridized carbons (Fsp3) is 0.333. The lowest BCUT2D eigenvalue weighted by atomic mass is 10.1. The molecular formula is C12H16N4O2. The Morgan fingerprint density at radius 1 is 1.17 bits per heavy atom. The van der Waals surface area contributed by atoms with Gasteiger partial charge in [0.2, 0.25) is 5.95 Å². The van der Waals surface area contributed by atoms with Gasteiger partial charge in [0.15, 0.2) is 5.82 Å². The van der Waals surface area contributed by atoms with Crippen LogP contribution in [0, 0.1) is 0 Å². The summed E-state index contributed by atoms with van der Waals surface area (Å²) in [5, 5.41) is 30.8. The number of hydrogen-bond donors (Lipinski definition) is 3. The first kappa shape index (κ1) is 12.2. The largest absolute Gasteiger partial charge is 0.507 e. The van der Waals surface area contributed by atoms with Gasteiger partial charge < -0.3 is 15.5 Å².